The number of halogens is 1. The lowest BCUT2D eigenvalue weighted by Gasteiger charge is -2.28. The van der Waals surface area contributed by atoms with Crippen LogP contribution in [-0.2, 0) is 4.79 Å². The predicted octanol–water partition coefficient (Wildman–Crippen LogP) is 0.414. The standard InChI is InChI=1S/C9H17FN2O/c1-12-6-2-3-8(7-12)9(13)11-5-4-10/h8H,2-7H2,1H3,(H,11,13). The summed E-state index contributed by atoms with van der Waals surface area (Å²) in [6.45, 7) is 1.54. The largest absolute Gasteiger partial charge is 0.353 e. The minimum absolute atomic E-state index is 0.00389. The molecule has 4 heteroatoms. The van der Waals surface area contributed by atoms with Crippen molar-refractivity contribution in [2.45, 2.75) is 12.8 Å². The summed E-state index contributed by atoms with van der Waals surface area (Å²) in [5.41, 5.74) is 0. The molecule has 1 amide bonds. The van der Waals surface area contributed by atoms with Gasteiger partial charge in [-0.1, -0.05) is 0 Å². The second-order valence-corrected chi connectivity index (χ2v) is 3.58. The van der Waals surface area contributed by atoms with E-state index in [1.807, 2.05) is 7.05 Å². The van der Waals surface area contributed by atoms with Crippen molar-refractivity contribution >= 4 is 5.91 Å². The molecule has 1 unspecified atom stereocenters. The van der Waals surface area contributed by atoms with Crippen molar-refractivity contribution in [3.8, 4) is 0 Å². The molecule has 1 heterocycles. The molecule has 0 bridgehead atoms. The molecule has 0 spiro atoms. The van der Waals surface area contributed by atoms with Crippen LogP contribution in [0, 0.1) is 5.92 Å². The summed E-state index contributed by atoms with van der Waals surface area (Å²) in [7, 11) is 2.01. The fraction of sp³-hybridized carbons (Fsp3) is 0.889. The number of nitrogens with one attached hydrogen (secondary N) is 1. The van der Waals surface area contributed by atoms with Crippen LogP contribution >= 0.6 is 0 Å². The maximum Gasteiger partial charge on any atom is 0.224 e. The number of nitrogens with zero attached hydrogens (tertiary/aromatic N) is 1. The zero-order valence-electron chi connectivity index (χ0n) is 8.05. The highest BCUT2D eigenvalue weighted by Crippen LogP contribution is 2.14. The molecule has 1 atom stereocenters. The molecule has 0 aliphatic carbocycles. The number of hydrogen-bond donors (Lipinski definition) is 1. The van der Waals surface area contributed by atoms with Crippen LogP contribution in [0.1, 0.15) is 12.8 Å². The Morgan fingerprint density at radius 1 is 1.69 bits per heavy atom. The Kier molecular flexibility index (Phi) is 4.15. The van der Waals surface area contributed by atoms with E-state index >= 15 is 0 Å². The first-order valence-corrected chi connectivity index (χ1v) is 4.76. The predicted molar refractivity (Wildman–Crippen MR) is 49.2 cm³/mol. The number of likely N-dealkylation sites (tertiary alicyclic amines) is 1. The summed E-state index contributed by atoms with van der Waals surface area (Å²) in [5, 5.41) is 2.58. The fourth-order valence-electron chi connectivity index (χ4n) is 1.70. The van der Waals surface area contributed by atoms with Gasteiger partial charge < -0.3 is 10.2 Å². The molecule has 1 fully saturated rings. The molecule has 0 radical (unpaired) electrons. The lowest BCUT2D eigenvalue weighted by molar-refractivity contribution is -0.126. The summed E-state index contributed by atoms with van der Waals surface area (Å²) < 4.78 is 11.8. The third-order valence-electron chi connectivity index (χ3n) is 2.39. The summed E-state index contributed by atoms with van der Waals surface area (Å²) in [4.78, 5) is 13.5. The zero-order valence-corrected chi connectivity index (χ0v) is 8.05. The molecule has 76 valence electrons. The molecule has 3 nitrogen and oxygen atoms in total. The monoisotopic (exact) mass is 188 g/mol. The SMILES string of the molecule is CN1CCCC(C(=O)NCCF)C1. The second kappa shape index (κ2) is 5.17. The quantitative estimate of drug-likeness (QED) is 0.696. The van der Waals surface area contributed by atoms with Crippen molar-refractivity contribution in [1.29, 1.82) is 0 Å². The lowest BCUT2D eigenvalue weighted by Crippen LogP contribution is -2.41. The fourth-order valence-corrected chi connectivity index (χ4v) is 1.70. The van der Waals surface area contributed by atoms with E-state index in [9.17, 15) is 9.18 Å². The highest BCUT2D eigenvalue weighted by molar-refractivity contribution is 5.78. The van der Waals surface area contributed by atoms with E-state index in [1.165, 1.54) is 0 Å². The van der Waals surface area contributed by atoms with E-state index in [1.54, 1.807) is 0 Å². The van der Waals surface area contributed by atoms with Crippen molar-refractivity contribution < 1.29 is 9.18 Å². The average molecular weight is 188 g/mol. The molecule has 1 N–H and O–H groups in total. The smallest absolute Gasteiger partial charge is 0.224 e. The molecule has 0 saturated carbocycles. The zero-order chi connectivity index (χ0) is 9.68. The topological polar surface area (TPSA) is 32.3 Å². The molecular weight excluding hydrogens is 171 g/mol. The maximum atomic E-state index is 11.8. The van der Waals surface area contributed by atoms with Gasteiger partial charge in [-0.3, -0.25) is 4.79 Å². The van der Waals surface area contributed by atoms with Crippen LogP contribution in [0.5, 0.6) is 0 Å². The molecule has 13 heavy (non-hydrogen) atoms. The lowest BCUT2D eigenvalue weighted by atomic mass is 9.98. The molecule has 1 rings (SSSR count). The van der Waals surface area contributed by atoms with Crippen molar-refractivity contribution in [3.63, 3.8) is 0 Å². The molecule has 0 aromatic rings. The first-order chi connectivity index (χ1) is 6.24. The molecule has 0 aromatic carbocycles. The van der Waals surface area contributed by atoms with Gasteiger partial charge in [0.1, 0.15) is 6.67 Å². The van der Waals surface area contributed by atoms with Gasteiger partial charge in [0.25, 0.3) is 0 Å². The van der Waals surface area contributed by atoms with Gasteiger partial charge in [0.15, 0.2) is 0 Å². The Hall–Kier alpha value is -0.640. The van der Waals surface area contributed by atoms with Crippen LogP contribution in [0.2, 0.25) is 0 Å². The summed E-state index contributed by atoms with van der Waals surface area (Å²) >= 11 is 0. The van der Waals surface area contributed by atoms with Gasteiger partial charge in [0, 0.05) is 13.1 Å². The van der Waals surface area contributed by atoms with Gasteiger partial charge in [0.05, 0.1) is 5.92 Å². The minimum Gasteiger partial charge on any atom is -0.353 e. The number of piperidine rings is 1. The van der Waals surface area contributed by atoms with Gasteiger partial charge >= 0.3 is 0 Å². The van der Waals surface area contributed by atoms with Crippen molar-refractivity contribution in [3.05, 3.63) is 0 Å². The van der Waals surface area contributed by atoms with Gasteiger partial charge in [-0.25, -0.2) is 4.39 Å². The average Bonchev–Trinajstić information content (AvgIpc) is 2.14. The first kappa shape index (κ1) is 10.4. The van der Waals surface area contributed by atoms with Crippen molar-refractivity contribution in [2.75, 3.05) is 33.4 Å². The highest BCUT2D eigenvalue weighted by atomic mass is 19.1. The normalized spacial score (nSPS) is 24.3. The van der Waals surface area contributed by atoms with Crippen LogP contribution in [0.15, 0.2) is 0 Å². The third kappa shape index (κ3) is 3.30. The van der Waals surface area contributed by atoms with Gasteiger partial charge in [-0.15, -0.1) is 0 Å². The highest BCUT2D eigenvalue weighted by Gasteiger charge is 2.23. The number of alkyl halides is 1. The Morgan fingerprint density at radius 2 is 2.46 bits per heavy atom. The second-order valence-electron chi connectivity index (χ2n) is 3.58. The van der Waals surface area contributed by atoms with Crippen LogP contribution in [0.4, 0.5) is 4.39 Å². The number of hydrogen-bond acceptors (Lipinski definition) is 2. The number of amides is 1. The van der Waals surface area contributed by atoms with E-state index < -0.39 is 6.67 Å². The molecule has 1 aliphatic heterocycles. The van der Waals surface area contributed by atoms with Gasteiger partial charge in [-0.05, 0) is 26.4 Å². The van der Waals surface area contributed by atoms with Crippen LogP contribution < -0.4 is 5.32 Å². The van der Waals surface area contributed by atoms with Crippen molar-refractivity contribution in [2.24, 2.45) is 5.92 Å². The third-order valence-corrected chi connectivity index (χ3v) is 2.39. The number of carbonyl (C=O) groups is 1. The van der Waals surface area contributed by atoms with E-state index in [4.69, 9.17) is 0 Å². The van der Waals surface area contributed by atoms with E-state index in [2.05, 4.69) is 10.2 Å². The van der Waals surface area contributed by atoms with Crippen LogP contribution in [0.25, 0.3) is 0 Å². The maximum absolute atomic E-state index is 11.8. The van der Waals surface area contributed by atoms with Crippen molar-refractivity contribution in [1.82, 2.24) is 10.2 Å². The summed E-state index contributed by atoms with van der Waals surface area (Å²) in [5.74, 6) is 0.0644. The summed E-state index contributed by atoms with van der Waals surface area (Å²) in [6, 6.07) is 0. The Labute approximate surface area is 78.3 Å². The Morgan fingerprint density at radius 3 is 3.08 bits per heavy atom. The molecule has 1 saturated heterocycles. The molecule has 1 aliphatic rings. The van der Waals surface area contributed by atoms with E-state index in [0.29, 0.717) is 0 Å². The summed E-state index contributed by atoms with van der Waals surface area (Å²) in [6.07, 6.45) is 1.99. The van der Waals surface area contributed by atoms with E-state index in [-0.39, 0.29) is 18.4 Å². The molecular formula is C9H17FN2O. The van der Waals surface area contributed by atoms with Crippen LogP contribution in [0.3, 0.4) is 0 Å². The van der Waals surface area contributed by atoms with Crippen LogP contribution in [-0.4, -0.2) is 44.2 Å². The minimum atomic E-state index is -0.478. The van der Waals surface area contributed by atoms with Gasteiger partial charge in [-0.2, -0.15) is 0 Å². The van der Waals surface area contributed by atoms with Gasteiger partial charge in [0.2, 0.25) is 5.91 Å². The first-order valence-electron chi connectivity index (χ1n) is 4.76. The number of carbonyl (C=O) groups excluding carboxylic acids is 1. The Balaban J connectivity index is 2.28. The number of rotatable bonds is 3. The molecule has 0 aromatic heterocycles. The van der Waals surface area contributed by atoms with E-state index in [0.717, 1.165) is 25.9 Å². The Bertz CT molecular complexity index is 175.